The fourth-order valence-corrected chi connectivity index (χ4v) is 2.74. The van der Waals surface area contributed by atoms with Gasteiger partial charge >= 0.3 is 0 Å². The molecule has 2 rings (SSSR count). The van der Waals surface area contributed by atoms with Crippen LogP contribution >= 0.6 is 0 Å². The van der Waals surface area contributed by atoms with Crippen LogP contribution in [0, 0.1) is 5.41 Å². The largest absolute Gasteiger partial charge is 0.381 e. The molecular weight excluding hydrogens is 252 g/mol. The van der Waals surface area contributed by atoms with Crippen molar-refractivity contribution in [3.05, 3.63) is 24.0 Å². The lowest BCUT2D eigenvalue weighted by Crippen LogP contribution is -2.63. The highest BCUT2D eigenvalue weighted by atomic mass is 16.5. The molecule has 2 N–H and O–H groups in total. The maximum absolute atomic E-state index is 5.48. The monoisotopic (exact) mass is 278 g/mol. The minimum Gasteiger partial charge on any atom is -0.381 e. The number of rotatable bonds is 4. The van der Waals surface area contributed by atoms with Gasteiger partial charge in [0, 0.05) is 51.6 Å². The van der Waals surface area contributed by atoms with Crippen LogP contribution in [0.3, 0.4) is 0 Å². The molecule has 0 amide bonds. The summed E-state index contributed by atoms with van der Waals surface area (Å²) in [6, 6.07) is 2.50. The van der Waals surface area contributed by atoms with E-state index in [1.165, 1.54) is 5.56 Å². The van der Waals surface area contributed by atoms with Crippen molar-refractivity contribution in [3.8, 4) is 0 Å². The SMILES string of the molecule is CN=C(NCc1ccn(C)c1)NC1CC(OC)C1(C)C. The minimum atomic E-state index is 0.138. The van der Waals surface area contributed by atoms with E-state index in [1.54, 1.807) is 14.2 Å². The number of aromatic nitrogens is 1. The minimum absolute atomic E-state index is 0.138. The van der Waals surface area contributed by atoms with Crippen molar-refractivity contribution in [2.45, 2.75) is 39.0 Å². The number of aryl methyl sites for hydroxylation is 1. The van der Waals surface area contributed by atoms with Crippen LogP contribution in [0.4, 0.5) is 0 Å². The topological polar surface area (TPSA) is 50.6 Å². The Labute approximate surface area is 121 Å². The van der Waals surface area contributed by atoms with Crippen LogP contribution in [-0.4, -0.2) is 36.8 Å². The first-order chi connectivity index (χ1) is 9.47. The number of hydrogen-bond acceptors (Lipinski definition) is 2. The van der Waals surface area contributed by atoms with Gasteiger partial charge in [-0.25, -0.2) is 0 Å². The van der Waals surface area contributed by atoms with E-state index in [0.29, 0.717) is 12.1 Å². The molecule has 1 aliphatic rings. The molecule has 0 aromatic carbocycles. The van der Waals surface area contributed by atoms with Gasteiger partial charge in [0.25, 0.3) is 0 Å². The molecule has 2 unspecified atom stereocenters. The average Bonchev–Trinajstić information content (AvgIpc) is 2.83. The third kappa shape index (κ3) is 2.98. The fraction of sp³-hybridized carbons (Fsp3) is 0.667. The van der Waals surface area contributed by atoms with Gasteiger partial charge in [0.05, 0.1) is 6.10 Å². The Morgan fingerprint density at radius 1 is 1.55 bits per heavy atom. The van der Waals surface area contributed by atoms with E-state index in [1.807, 2.05) is 17.8 Å². The van der Waals surface area contributed by atoms with Gasteiger partial charge < -0.3 is 19.9 Å². The van der Waals surface area contributed by atoms with Crippen LogP contribution in [0.25, 0.3) is 0 Å². The Balaban J connectivity index is 1.85. The second-order valence-electron chi connectivity index (χ2n) is 6.09. The molecule has 0 spiro atoms. The predicted molar refractivity (Wildman–Crippen MR) is 81.7 cm³/mol. The maximum atomic E-state index is 5.48. The van der Waals surface area contributed by atoms with Gasteiger partial charge in [0.15, 0.2) is 5.96 Å². The maximum Gasteiger partial charge on any atom is 0.191 e. The lowest BCUT2D eigenvalue weighted by atomic mass is 9.64. The Morgan fingerprint density at radius 3 is 2.80 bits per heavy atom. The average molecular weight is 278 g/mol. The number of guanidine groups is 1. The second-order valence-corrected chi connectivity index (χ2v) is 6.09. The predicted octanol–water partition coefficient (Wildman–Crippen LogP) is 1.50. The molecule has 0 aliphatic heterocycles. The molecule has 0 bridgehead atoms. The Morgan fingerprint density at radius 2 is 2.30 bits per heavy atom. The second kappa shape index (κ2) is 5.87. The van der Waals surface area contributed by atoms with E-state index in [2.05, 4.69) is 41.7 Å². The molecule has 5 heteroatoms. The number of aliphatic imine (C=N–C) groups is 1. The number of nitrogens with one attached hydrogen (secondary N) is 2. The molecule has 20 heavy (non-hydrogen) atoms. The third-order valence-electron chi connectivity index (χ3n) is 4.35. The molecule has 5 nitrogen and oxygen atoms in total. The summed E-state index contributed by atoms with van der Waals surface area (Å²) in [5, 5.41) is 6.84. The van der Waals surface area contributed by atoms with Crippen LogP contribution in [0.15, 0.2) is 23.5 Å². The summed E-state index contributed by atoms with van der Waals surface area (Å²) in [5.41, 5.74) is 1.39. The molecule has 1 aromatic rings. The van der Waals surface area contributed by atoms with Gasteiger partial charge in [-0.15, -0.1) is 0 Å². The van der Waals surface area contributed by atoms with E-state index < -0.39 is 0 Å². The Hall–Kier alpha value is -1.49. The lowest BCUT2D eigenvalue weighted by Gasteiger charge is -2.51. The highest BCUT2D eigenvalue weighted by Gasteiger charge is 2.48. The molecule has 1 aliphatic carbocycles. The first-order valence-corrected chi connectivity index (χ1v) is 7.08. The highest BCUT2D eigenvalue weighted by molar-refractivity contribution is 5.80. The van der Waals surface area contributed by atoms with Crippen LogP contribution in [0.5, 0.6) is 0 Å². The van der Waals surface area contributed by atoms with Gasteiger partial charge in [-0.05, 0) is 18.1 Å². The summed E-state index contributed by atoms with van der Waals surface area (Å²) in [4.78, 5) is 4.29. The summed E-state index contributed by atoms with van der Waals surface area (Å²) in [7, 11) is 5.61. The number of methoxy groups -OCH3 is 1. The number of hydrogen-bond donors (Lipinski definition) is 2. The summed E-state index contributed by atoms with van der Waals surface area (Å²) in [6.07, 6.45) is 5.50. The summed E-state index contributed by atoms with van der Waals surface area (Å²) in [6.45, 7) is 5.24. The standard InChI is InChI=1S/C15H26N4O/c1-15(2)12(8-13(15)20-5)18-14(16-3)17-9-11-6-7-19(4)10-11/h6-7,10,12-13H,8-9H2,1-5H3,(H2,16,17,18). The summed E-state index contributed by atoms with van der Waals surface area (Å²) in [5.74, 6) is 0.849. The number of nitrogens with zero attached hydrogens (tertiary/aromatic N) is 2. The molecule has 1 fully saturated rings. The zero-order chi connectivity index (χ0) is 14.8. The van der Waals surface area contributed by atoms with Crippen LogP contribution in [0.1, 0.15) is 25.8 Å². The van der Waals surface area contributed by atoms with Crippen molar-refractivity contribution < 1.29 is 4.74 Å². The molecule has 1 heterocycles. The van der Waals surface area contributed by atoms with Gasteiger partial charge in [0.2, 0.25) is 0 Å². The van der Waals surface area contributed by atoms with E-state index in [4.69, 9.17) is 4.74 Å². The van der Waals surface area contributed by atoms with Crippen molar-refractivity contribution in [2.75, 3.05) is 14.2 Å². The Kier molecular flexibility index (Phi) is 4.38. The van der Waals surface area contributed by atoms with Gasteiger partial charge in [0.1, 0.15) is 0 Å². The van der Waals surface area contributed by atoms with Gasteiger partial charge in [-0.3, -0.25) is 4.99 Å². The number of ether oxygens (including phenoxy) is 1. The van der Waals surface area contributed by atoms with E-state index in [0.717, 1.165) is 18.9 Å². The first kappa shape index (κ1) is 14.9. The third-order valence-corrected chi connectivity index (χ3v) is 4.35. The molecule has 1 saturated carbocycles. The van der Waals surface area contributed by atoms with Crippen molar-refractivity contribution >= 4 is 5.96 Å². The normalized spacial score (nSPS) is 25.1. The molecule has 1 aromatic heterocycles. The molecule has 112 valence electrons. The molecule has 0 saturated heterocycles. The van der Waals surface area contributed by atoms with Gasteiger partial charge in [-0.1, -0.05) is 13.8 Å². The van der Waals surface area contributed by atoms with Crippen molar-refractivity contribution in [1.82, 2.24) is 15.2 Å². The zero-order valence-corrected chi connectivity index (χ0v) is 13.1. The molecule has 0 radical (unpaired) electrons. The molecule has 2 atom stereocenters. The quantitative estimate of drug-likeness (QED) is 0.648. The summed E-state index contributed by atoms with van der Waals surface area (Å²) >= 11 is 0. The smallest absolute Gasteiger partial charge is 0.191 e. The highest BCUT2D eigenvalue weighted by Crippen LogP contribution is 2.42. The van der Waals surface area contributed by atoms with E-state index >= 15 is 0 Å². The van der Waals surface area contributed by atoms with Crippen LogP contribution in [0.2, 0.25) is 0 Å². The van der Waals surface area contributed by atoms with E-state index in [9.17, 15) is 0 Å². The first-order valence-electron chi connectivity index (χ1n) is 7.08. The summed E-state index contributed by atoms with van der Waals surface area (Å²) < 4.78 is 7.52. The van der Waals surface area contributed by atoms with Crippen LogP contribution in [-0.2, 0) is 18.3 Å². The van der Waals surface area contributed by atoms with Crippen molar-refractivity contribution in [2.24, 2.45) is 17.5 Å². The van der Waals surface area contributed by atoms with E-state index in [-0.39, 0.29) is 5.41 Å². The lowest BCUT2D eigenvalue weighted by molar-refractivity contribution is -0.0922. The van der Waals surface area contributed by atoms with Crippen molar-refractivity contribution in [3.63, 3.8) is 0 Å². The molecular formula is C15H26N4O. The Bertz CT molecular complexity index is 478. The van der Waals surface area contributed by atoms with Crippen molar-refractivity contribution in [1.29, 1.82) is 0 Å². The van der Waals surface area contributed by atoms with Crippen LogP contribution < -0.4 is 10.6 Å². The van der Waals surface area contributed by atoms with Gasteiger partial charge in [-0.2, -0.15) is 0 Å². The fourth-order valence-electron chi connectivity index (χ4n) is 2.74. The zero-order valence-electron chi connectivity index (χ0n) is 13.1.